The summed E-state index contributed by atoms with van der Waals surface area (Å²) in [5.41, 5.74) is 4.86. The van der Waals surface area contributed by atoms with Crippen LogP contribution in [0.1, 0.15) is 27.0 Å². The standard InChI is InChI=1S/C27H19BrClN3O3/c1-34-25-13-19-7-3-2-6-18(19)12-22(25)27(33)32-31-15-17-10-23(28)26(24(29)11-17)35-16-21-9-5-4-8-20(21)14-30/h2-13,15H,16H2,1H3,(H,32,33)/b31-15-. The molecule has 0 spiro atoms. The number of rotatable bonds is 7. The second kappa shape index (κ2) is 11.0. The number of halogens is 2. The smallest absolute Gasteiger partial charge is 0.275 e. The largest absolute Gasteiger partial charge is 0.496 e. The lowest BCUT2D eigenvalue weighted by atomic mass is 10.1. The molecule has 0 aromatic heterocycles. The number of amides is 1. The average molecular weight is 549 g/mol. The molecule has 0 atom stereocenters. The fourth-order valence-electron chi connectivity index (χ4n) is 3.49. The van der Waals surface area contributed by atoms with Crippen molar-refractivity contribution in [3.63, 3.8) is 0 Å². The lowest BCUT2D eigenvalue weighted by Gasteiger charge is -2.12. The number of hydrogen-bond acceptors (Lipinski definition) is 5. The van der Waals surface area contributed by atoms with Crippen molar-refractivity contribution in [3.8, 4) is 17.6 Å². The summed E-state index contributed by atoms with van der Waals surface area (Å²) in [4.78, 5) is 12.7. The first-order chi connectivity index (χ1) is 17.0. The summed E-state index contributed by atoms with van der Waals surface area (Å²) >= 11 is 9.89. The topological polar surface area (TPSA) is 83.7 Å². The molecule has 0 saturated carbocycles. The highest BCUT2D eigenvalue weighted by Crippen LogP contribution is 2.35. The molecule has 0 aliphatic heterocycles. The first kappa shape index (κ1) is 24.3. The molecule has 4 aromatic carbocycles. The van der Waals surface area contributed by atoms with E-state index in [4.69, 9.17) is 21.1 Å². The number of benzene rings is 4. The van der Waals surface area contributed by atoms with Crippen LogP contribution < -0.4 is 14.9 Å². The van der Waals surface area contributed by atoms with Crippen LogP contribution >= 0.6 is 27.5 Å². The molecule has 35 heavy (non-hydrogen) atoms. The van der Waals surface area contributed by atoms with Crippen LogP contribution in [0, 0.1) is 11.3 Å². The van der Waals surface area contributed by atoms with Gasteiger partial charge in [-0.1, -0.05) is 54.1 Å². The molecule has 1 N–H and O–H groups in total. The summed E-state index contributed by atoms with van der Waals surface area (Å²) in [6, 6.07) is 24.1. The SMILES string of the molecule is COc1cc2ccccc2cc1C(=O)N/N=C\c1cc(Cl)c(OCc2ccccc2C#N)c(Br)c1. The Kier molecular flexibility index (Phi) is 7.66. The zero-order valence-corrected chi connectivity index (χ0v) is 20.9. The molecule has 0 aliphatic rings. The number of nitriles is 1. The van der Waals surface area contributed by atoms with Crippen molar-refractivity contribution in [2.24, 2.45) is 5.10 Å². The van der Waals surface area contributed by atoms with Crippen LogP contribution in [0.2, 0.25) is 5.02 Å². The maximum absolute atomic E-state index is 12.7. The minimum absolute atomic E-state index is 0.194. The van der Waals surface area contributed by atoms with Gasteiger partial charge >= 0.3 is 0 Å². The highest BCUT2D eigenvalue weighted by molar-refractivity contribution is 9.10. The number of nitrogens with one attached hydrogen (secondary N) is 1. The van der Waals surface area contributed by atoms with E-state index in [1.807, 2.05) is 42.5 Å². The van der Waals surface area contributed by atoms with E-state index in [1.54, 1.807) is 30.3 Å². The molecular formula is C27H19BrClN3O3. The Morgan fingerprint density at radius 2 is 1.83 bits per heavy atom. The number of hydrogen-bond donors (Lipinski definition) is 1. The number of nitrogens with zero attached hydrogens (tertiary/aromatic N) is 2. The summed E-state index contributed by atoms with van der Waals surface area (Å²) in [5.74, 6) is 0.508. The van der Waals surface area contributed by atoms with Gasteiger partial charge in [-0.25, -0.2) is 5.43 Å². The fraction of sp³-hybridized carbons (Fsp3) is 0.0741. The molecule has 4 aromatic rings. The molecule has 4 rings (SSSR count). The van der Waals surface area contributed by atoms with Gasteiger partial charge in [-0.3, -0.25) is 4.79 Å². The third-order valence-electron chi connectivity index (χ3n) is 5.22. The third-order valence-corrected chi connectivity index (χ3v) is 6.09. The van der Waals surface area contributed by atoms with Gasteiger partial charge in [-0.05, 0) is 62.6 Å². The third kappa shape index (κ3) is 5.62. The van der Waals surface area contributed by atoms with Crippen LogP contribution in [0.25, 0.3) is 10.8 Å². The maximum atomic E-state index is 12.7. The summed E-state index contributed by atoms with van der Waals surface area (Å²) in [5, 5.41) is 15.6. The van der Waals surface area contributed by atoms with E-state index >= 15 is 0 Å². The van der Waals surface area contributed by atoms with Crippen molar-refractivity contribution in [2.75, 3.05) is 7.11 Å². The number of carbonyl (C=O) groups is 1. The summed E-state index contributed by atoms with van der Waals surface area (Å²) < 4.78 is 11.9. The van der Waals surface area contributed by atoms with Crippen LogP contribution in [0.5, 0.6) is 11.5 Å². The Morgan fingerprint density at radius 3 is 2.54 bits per heavy atom. The normalized spacial score (nSPS) is 10.8. The predicted octanol–water partition coefficient (Wildman–Crippen LogP) is 6.48. The first-order valence-electron chi connectivity index (χ1n) is 10.5. The molecule has 0 heterocycles. The molecule has 8 heteroatoms. The van der Waals surface area contributed by atoms with Crippen LogP contribution in [0.15, 0.2) is 82.4 Å². The lowest BCUT2D eigenvalue weighted by Crippen LogP contribution is -2.18. The summed E-state index contributed by atoms with van der Waals surface area (Å²) in [6.45, 7) is 0.194. The molecule has 174 valence electrons. The molecule has 0 aliphatic carbocycles. The van der Waals surface area contributed by atoms with Gasteiger partial charge in [0.1, 0.15) is 12.4 Å². The second-order valence-corrected chi connectivity index (χ2v) is 8.73. The first-order valence-corrected chi connectivity index (χ1v) is 11.7. The van der Waals surface area contributed by atoms with Gasteiger partial charge in [-0.2, -0.15) is 10.4 Å². The highest BCUT2D eigenvalue weighted by atomic mass is 79.9. The van der Waals surface area contributed by atoms with Crippen molar-refractivity contribution in [3.05, 3.63) is 105 Å². The highest BCUT2D eigenvalue weighted by Gasteiger charge is 2.14. The van der Waals surface area contributed by atoms with E-state index in [9.17, 15) is 10.1 Å². The van der Waals surface area contributed by atoms with Crippen molar-refractivity contribution in [2.45, 2.75) is 6.61 Å². The number of carbonyl (C=O) groups excluding carboxylic acids is 1. The Bertz CT molecular complexity index is 1460. The fourth-order valence-corrected chi connectivity index (χ4v) is 4.48. The lowest BCUT2D eigenvalue weighted by molar-refractivity contribution is 0.0952. The number of fused-ring (bicyclic) bond motifs is 1. The molecular weight excluding hydrogens is 530 g/mol. The Hall–Kier alpha value is -3.86. The van der Waals surface area contributed by atoms with Gasteiger partial charge in [0.2, 0.25) is 0 Å². The average Bonchev–Trinajstić information content (AvgIpc) is 2.87. The maximum Gasteiger partial charge on any atom is 0.275 e. The van der Waals surface area contributed by atoms with Crippen molar-refractivity contribution in [1.82, 2.24) is 5.43 Å². The van der Waals surface area contributed by atoms with E-state index in [1.165, 1.54) is 13.3 Å². The molecule has 6 nitrogen and oxygen atoms in total. The van der Waals surface area contributed by atoms with Crippen molar-refractivity contribution >= 4 is 50.4 Å². The van der Waals surface area contributed by atoms with Gasteiger partial charge < -0.3 is 9.47 Å². The van der Waals surface area contributed by atoms with Crippen molar-refractivity contribution in [1.29, 1.82) is 5.26 Å². The van der Waals surface area contributed by atoms with Crippen molar-refractivity contribution < 1.29 is 14.3 Å². The van der Waals surface area contributed by atoms with E-state index < -0.39 is 5.91 Å². The minimum atomic E-state index is -0.398. The molecule has 0 bridgehead atoms. The molecule has 0 unspecified atom stereocenters. The summed E-state index contributed by atoms with van der Waals surface area (Å²) in [7, 11) is 1.52. The molecule has 0 radical (unpaired) electrons. The van der Waals surface area contributed by atoms with Gasteiger partial charge in [-0.15, -0.1) is 0 Å². The number of hydrazone groups is 1. The minimum Gasteiger partial charge on any atom is -0.496 e. The van der Waals surface area contributed by atoms with Crippen LogP contribution in [0.3, 0.4) is 0 Å². The van der Waals surface area contributed by atoms with Crippen LogP contribution in [-0.4, -0.2) is 19.2 Å². The van der Waals surface area contributed by atoms with E-state index in [-0.39, 0.29) is 6.61 Å². The number of ether oxygens (including phenoxy) is 2. The second-order valence-electron chi connectivity index (χ2n) is 7.47. The van der Waals surface area contributed by atoms with Gasteiger partial charge in [0, 0.05) is 5.56 Å². The molecule has 1 amide bonds. The van der Waals surface area contributed by atoms with Gasteiger partial charge in [0.15, 0.2) is 5.75 Å². The van der Waals surface area contributed by atoms with E-state index in [0.29, 0.717) is 37.7 Å². The molecule has 0 saturated heterocycles. The quantitative estimate of drug-likeness (QED) is 0.212. The Morgan fingerprint density at radius 1 is 1.11 bits per heavy atom. The zero-order valence-electron chi connectivity index (χ0n) is 18.6. The number of methoxy groups -OCH3 is 1. The molecule has 0 fully saturated rings. The Balaban J connectivity index is 1.46. The summed E-state index contributed by atoms with van der Waals surface area (Å²) in [6.07, 6.45) is 1.48. The van der Waals surface area contributed by atoms with E-state index in [0.717, 1.165) is 16.3 Å². The van der Waals surface area contributed by atoms with Gasteiger partial charge in [0.05, 0.1) is 40.0 Å². The van der Waals surface area contributed by atoms with Crippen LogP contribution in [0.4, 0.5) is 0 Å². The van der Waals surface area contributed by atoms with Gasteiger partial charge in [0.25, 0.3) is 5.91 Å². The van der Waals surface area contributed by atoms with E-state index in [2.05, 4.69) is 32.5 Å². The Labute approximate surface area is 215 Å². The van der Waals surface area contributed by atoms with Crippen LogP contribution in [-0.2, 0) is 6.61 Å². The zero-order chi connectivity index (χ0) is 24.8. The monoisotopic (exact) mass is 547 g/mol. The predicted molar refractivity (Wildman–Crippen MR) is 140 cm³/mol.